The number of carboxylic acid groups (broad SMARTS) is 2. The second kappa shape index (κ2) is 11.1. The maximum Gasteiger partial charge on any atom is 0.317 e. The van der Waals surface area contributed by atoms with Gasteiger partial charge in [0.05, 0.1) is 26.3 Å². The van der Waals surface area contributed by atoms with Crippen molar-refractivity contribution in [2.75, 3.05) is 72.1 Å². The third-order valence-corrected chi connectivity index (χ3v) is 4.10. The normalized spacial score (nSPS) is 20.4. The molecule has 9 heteroatoms. The molecule has 0 spiro atoms. The van der Waals surface area contributed by atoms with Crippen molar-refractivity contribution >= 4 is 18.2 Å². The molecular formula is C15H28N4O5. The van der Waals surface area contributed by atoms with Crippen LogP contribution in [-0.4, -0.2) is 120 Å². The van der Waals surface area contributed by atoms with Gasteiger partial charge < -0.3 is 15.0 Å². The molecule has 0 unspecified atom stereocenters. The predicted molar refractivity (Wildman–Crippen MR) is 87.9 cm³/mol. The van der Waals surface area contributed by atoms with Crippen molar-refractivity contribution in [2.45, 2.75) is 6.92 Å². The molecule has 0 radical (unpaired) electrons. The van der Waals surface area contributed by atoms with Gasteiger partial charge in [-0.3, -0.25) is 29.2 Å². The lowest BCUT2D eigenvalue weighted by molar-refractivity contribution is -0.140. The van der Waals surface area contributed by atoms with Crippen LogP contribution in [0.3, 0.4) is 0 Å². The van der Waals surface area contributed by atoms with Crippen LogP contribution >= 0.6 is 0 Å². The van der Waals surface area contributed by atoms with Gasteiger partial charge in [-0.05, 0) is 6.54 Å². The molecule has 0 atom stereocenters. The molecule has 2 N–H and O–H groups in total. The molecule has 1 aliphatic heterocycles. The summed E-state index contributed by atoms with van der Waals surface area (Å²) < 4.78 is 0. The first-order valence-electron chi connectivity index (χ1n) is 8.21. The molecule has 1 rings (SSSR count). The molecule has 0 bridgehead atoms. The zero-order valence-electron chi connectivity index (χ0n) is 14.3. The van der Waals surface area contributed by atoms with Crippen molar-refractivity contribution < 1.29 is 24.6 Å². The number of carbonyl (C=O) groups is 3. The van der Waals surface area contributed by atoms with Crippen molar-refractivity contribution in [1.29, 1.82) is 0 Å². The zero-order valence-corrected chi connectivity index (χ0v) is 14.3. The Kier molecular flexibility index (Phi) is 9.46. The van der Waals surface area contributed by atoms with Gasteiger partial charge in [0.25, 0.3) is 0 Å². The van der Waals surface area contributed by atoms with Gasteiger partial charge in [-0.15, -0.1) is 0 Å². The van der Waals surface area contributed by atoms with E-state index in [4.69, 9.17) is 10.2 Å². The van der Waals surface area contributed by atoms with Gasteiger partial charge in [-0.1, -0.05) is 6.92 Å². The maximum absolute atomic E-state index is 11.0. The second-order valence-electron chi connectivity index (χ2n) is 5.94. The fraction of sp³-hybridized carbons (Fsp3) is 0.800. The van der Waals surface area contributed by atoms with Gasteiger partial charge in [-0.25, -0.2) is 0 Å². The van der Waals surface area contributed by atoms with Crippen LogP contribution in [0.15, 0.2) is 0 Å². The minimum atomic E-state index is -0.910. The Morgan fingerprint density at radius 2 is 1.25 bits per heavy atom. The summed E-state index contributed by atoms with van der Waals surface area (Å²) in [6, 6.07) is 0. The summed E-state index contributed by atoms with van der Waals surface area (Å²) in [6.07, 6.45) is 0.853. The average Bonchev–Trinajstić information content (AvgIpc) is 2.54. The fourth-order valence-corrected chi connectivity index (χ4v) is 2.71. The molecule has 0 aliphatic carbocycles. The summed E-state index contributed by atoms with van der Waals surface area (Å²) in [4.78, 5) is 40.7. The number of hydrogen-bond acceptors (Lipinski definition) is 7. The van der Waals surface area contributed by atoms with E-state index in [0.717, 1.165) is 12.8 Å². The Bertz CT molecular complexity index is 419. The Balaban J connectivity index is 2.81. The first-order chi connectivity index (χ1) is 11.4. The highest BCUT2D eigenvalue weighted by Gasteiger charge is 2.19. The standard InChI is InChI=1S/C15H28N4O5/c1-2-16-3-4-17(11-14(21)22)5-6-18(12-15(23)24)7-8-19(13-16)9-10-20/h10H,2-9,11-13H2,1H3,(H,21,22)(H,23,24). The van der Waals surface area contributed by atoms with E-state index in [9.17, 15) is 14.4 Å². The molecule has 24 heavy (non-hydrogen) atoms. The highest BCUT2D eigenvalue weighted by molar-refractivity contribution is 5.69. The number of aldehydes is 1. The van der Waals surface area contributed by atoms with E-state index in [0.29, 0.717) is 52.5 Å². The van der Waals surface area contributed by atoms with Crippen LogP contribution in [0.4, 0.5) is 0 Å². The summed E-state index contributed by atoms with van der Waals surface area (Å²) in [7, 11) is 0. The minimum absolute atomic E-state index is 0.0590. The van der Waals surface area contributed by atoms with Crippen molar-refractivity contribution in [1.82, 2.24) is 19.6 Å². The van der Waals surface area contributed by atoms with E-state index in [1.54, 1.807) is 4.90 Å². The lowest BCUT2D eigenvalue weighted by Gasteiger charge is -2.29. The summed E-state index contributed by atoms with van der Waals surface area (Å²) >= 11 is 0. The van der Waals surface area contributed by atoms with Crippen LogP contribution in [0.25, 0.3) is 0 Å². The third kappa shape index (κ3) is 8.34. The summed E-state index contributed by atoms with van der Waals surface area (Å²) in [5.41, 5.74) is 0. The quantitative estimate of drug-likeness (QED) is 0.537. The van der Waals surface area contributed by atoms with Gasteiger partial charge in [0, 0.05) is 39.3 Å². The molecule has 0 saturated carbocycles. The van der Waals surface area contributed by atoms with E-state index in [1.165, 1.54) is 0 Å². The second-order valence-corrected chi connectivity index (χ2v) is 5.94. The molecule has 9 nitrogen and oxygen atoms in total. The SMILES string of the molecule is CCN1CCN(CC(=O)O)CCN(CC(=O)O)CCN(CC=O)C1. The molecule has 1 fully saturated rings. The number of nitrogens with zero attached hydrogens (tertiary/aromatic N) is 4. The molecule has 1 saturated heterocycles. The van der Waals surface area contributed by atoms with Crippen molar-refractivity contribution in [3.63, 3.8) is 0 Å². The number of likely N-dealkylation sites (N-methyl/N-ethyl adjacent to an activating group) is 1. The Morgan fingerprint density at radius 1 is 0.833 bits per heavy atom. The lowest BCUT2D eigenvalue weighted by atomic mass is 10.3. The summed E-state index contributed by atoms with van der Waals surface area (Å²) in [5.74, 6) is -1.80. The van der Waals surface area contributed by atoms with Gasteiger partial charge in [0.2, 0.25) is 0 Å². The number of carbonyl (C=O) groups excluding carboxylic acids is 1. The smallest absolute Gasteiger partial charge is 0.317 e. The summed E-state index contributed by atoms with van der Waals surface area (Å²) in [6.45, 7) is 7.00. The van der Waals surface area contributed by atoms with Crippen molar-refractivity contribution in [2.24, 2.45) is 0 Å². The lowest BCUT2D eigenvalue weighted by Crippen LogP contribution is -2.44. The van der Waals surface area contributed by atoms with Crippen LogP contribution in [0, 0.1) is 0 Å². The van der Waals surface area contributed by atoms with Crippen molar-refractivity contribution in [3.8, 4) is 0 Å². The topological polar surface area (TPSA) is 105 Å². The van der Waals surface area contributed by atoms with Crippen LogP contribution < -0.4 is 0 Å². The Hall–Kier alpha value is -1.55. The van der Waals surface area contributed by atoms with Gasteiger partial charge in [-0.2, -0.15) is 0 Å². The Morgan fingerprint density at radius 3 is 1.62 bits per heavy atom. The van der Waals surface area contributed by atoms with Crippen LogP contribution in [0.1, 0.15) is 6.92 Å². The predicted octanol–water partition coefficient (Wildman–Crippen LogP) is -1.45. The van der Waals surface area contributed by atoms with Gasteiger partial charge >= 0.3 is 11.9 Å². The van der Waals surface area contributed by atoms with E-state index < -0.39 is 11.9 Å². The highest BCUT2D eigenvalue weighted by atomic mass is 16.4. The Labute approximate surface area is 142 Å². The molecule has 138 valence electrons. The highest BCUT2D eigenvalue weighted by Crippen LogP contribution is 2.01. The van der Waals surface area contributed by atoms with E-state index in [1.807, 2.05) is 16.7 Å². The number of rotatable bonds is 7. The van der Waals surface area contributed by atoms with Crippen LogP contribution in [0.2, 0.25) is 0 Å². The zero-order chi connectivity index (χ0) is 17.9. The van der Waals surface area contributed by atoms with E-state index in [2.05, 4.69) is 4.90 Å². The van der Waals surface area contributed by atoms with E-state index in [-0.39, 0.29) is 13.1 Å². The largest absolute Gasteiger partial charge is 0.480 e. The summed E-state index contributed by atoms with van der Waals surface area (Å²) in [5, 5.41) is 18.1. The molecule has 0 amide bonds. The first kappa shape index (κ1) is 20.5. The van der Waals surface area contributed by atoms with Gasteiger partial charge in [0.15, 0.2) is 0 Å². The fourth-order valence-electron chi connectivity index (χ4n) is 2.71. The molecule has 0 aromatic heterocycles. The molecule has 1 heterocycles. The van der Waals surface area contributed by atoms with Crippen LogP contribution in [0.5, 0.6) is 0 Å². The van der Waals surface area contributed by atoms with Gasteiger partial charge in [0.1, 0.15) is 6.29 Å². The maximum atomic E-state index is 11.0. The van der Waals surface area contributed by atoms with Crippen molar-refractivity contribution in [3.05, 3.63) is 0 Å². The third-order valence-electron chi connectivity index (χ3n) is 4.10. The molecule has 1 aliphatic rings. The number of hydrogen-bond donors (Lipinski definition) is 2. The average molecular weight is 344 g/mol. The van der Waals surface area contributed by atoms with E-state index >= 15 is 0 Å². The van der Waals surface area contributed by atoms with Crippen LogP contribution in [-0.2, 0) is 14.4 Å². The molecular weight excluding hydrogens is 316 g/mol. The monoisotopic (exact) mass is 344 g/mol. The number of aliphatic carboxylic acids is 2. The number of carboxylic acids is 2. The molecule has 0 aromatic carbocycles. The first-order valence-corrected chi connectivity index (χ1v) is 8.21. The minimum Gasteiger partial charge on any atom is -0.480 e. The molecule has 0 aromatic rings.